The van der Waals surface area contributed by atoms with E-state index in [9.17, 15) is 0 Å². The van der Waals surface area contributed by atoms with E-state index >= 15 is 0 Å². The Labute approximate surface area is 150 Å². The third-order valence-electron chi connectivity index (χ3n) is 8.11. The molecule has 2 nitrogen and oxygen atoms in total. The quantitative estimate of drug-likeness (QED) is 0.740. The van der Waals surface area contributed by atoms with E-state index in [1.165, 1.54) is 64.7 Å². The fourth-order valence-electron chi connectivity index (χ4n) is 6.71. The summed E-state index contributed by atoms with van der Waals surface area (Å²) >= 11 is 0. The minimum absolute atomic E-state index is 0.740. The van der Waals surface area contributed by atoms with E-state index in [1.54, 1.807) is 12.8 Å². The van der Waals surface area contributed by atoms with Crippen molar-refractivity contribution in [3.8, 4) is 0 Å². The highest BCUT2D eigenvalue weighted by atomic mass is 15.2. The van der Waals surface area contributed by atoms with Crippen LogP contribution in [0.4, 0.5) is 0 Å². The molecule has 2 heteroatoms. The molecule has 4 bridgehead atoms. The van der Waals surface area contributed by atoms with Crippen molar-refractivity contribution in [2.45, 2.75) is 84.2 Å². The van der Waals surface area contributed by atoms with Gasteiger partial charge in [-0.15, -0.1) is 0 Å². The van der Waals surface area contributed by atoms with Gasteiger partial charge in [0.15, 0.2) is 0 Å². The number of hydrogen-bond donors (Lipinski definition) is 0. The van der Waals surface area contributed by atoms with Gasteiger partial charge in [0.25, 0.3) is 0 Å². The molecule has 0 amide bonds. The highest BCUT2D eigenvalue weighted by Crippen LogP contribution is 2.44. The standard InChI is InChI=1S/C22H40N2/c1-16(2)23-8-7-18-11-21(22(12-18)15-23)9-17(3)24-13-19-5-4-6-20(10-19)14-24/h16-22H,4-15H2,1-3H3. The van der Waals surface area contributed by atoms with Gasteiger partial charge in [0, 0.05) is 31.7 Å². The minimum Gasteiger partial charge on any atom is -0.301 e. The van der Waals surface area contributed by atoms with Gasteiger partial charge in [0.2, 0.25) is 0 Å². The van der Waals surface area contributed by atoms with E-state index in [0.717, 1.165) is 41.7 Å². The Bertz CT molecular complexity index is 408. The van der Waals surface area contributed by atoms with Crippen LogP contribution in [0, 0.1) is 29.6 Å². The van der Waals surface area contributed by atoms with Crippen LogP contribution in [0.2, 0.25) is 0 Å². The second-order valence-electron chi connectivity index (χ2n) is 10.2. The van der Waals surface area contributed by atoms with Crippen molar-refractivity contribution in [1.82, 2.24) is 9.80 Å². The van der Waals surface area contributed by atoms with Crippen molar-refractivity contribution in [2.24, 2.45) is 29.6 Å². The lowest BCUT2D eigenvalue weighted by Crippen LogP contribution is -2.47. The monoisotopic (exact) mass is 332 g/mol. The van der Waals surface area contributed by atoms with E-state index < -0.39 is 0 Å². The lowest BCUT2D eigenvalue weighted by molar-refractivity contribution is 0.0451. The first-order valence-electron chi connectivity index (χ1n) is 11.1. The fraction of sp³-hybridized carbons (Fsp3) is 1.00. The number of hydrogen-bond acceptors (Lipinski definition) is 2. The molecule has 0 aromatic rings. The molecule has 0 aromatic carbocycles. The van der Waals surface area contributed by atoms with Crippen LogP contribution >= 0.6 is 0 Å². The van der Waals surface area contributed by atoms with Crippen molar-refractivity contribution in [1.29, 1.82) is 0 Å². The Morgan fingerprint density at radius 1 is 0.792 bits per heavy atom. The van der Waals surface area contributed by atoms with Crippen LogP contribution in [0.25, 0.3) is 0 Å². The van der Waals surface area contributed by atoms with Gasteiger partial charge in [0.05, 0.1) is 0 Å². The van der Waals surface area contributed by atoms with Gasteiger partial charge in [0.1, 0.15) is 0 Å². The molecular formula is C22H40N2. The first-order chi connectivity index (χ1) is 11.6. The second kappa shape index (κ2) is 7.27. The molecule has 138 valence electrons. The van der Waals surface area contributed by atoms with Crippen molar-refractivity contribution in [2.75, 3.05) is 26.2 Å². The number of rotatable bonds is 4. The van der Waals surface area contributed by atoms with Crippen molar-refractivity contribution >= 4 is 0 Å². The molecular weight excluding hydrogens is 292 g/mol. The van der Waals surface area contributed by atoms with Crippen molar-refractivity contribution in [3.05, 3.63) is 0 Å². The van der Waals surface area contributed by atoms with Crippen molar-refractivity contribution < 1.29 is 0 Å². The molecule has 2 aliphatic carbocycles. The smallest absolute Gasteiger partial charge is 0.00699 e. The summed E-state index contributed by atoms with van der Waals surface area (Å²) in [4.78, 5) is 5.67. The highest BCUT2D eigenvalue weighted by molar-refractivity contribution is 4.92. The van der Waals surface area contributed by atoms with E-state index in [-0.39, 0.29) is 0 Å². The third kappa shape index (κ3) is 3.70. The molecule has 2 saturated heterocycles. The maximum absolute atomic E-state index is 2.90. The summed E-state index contributed by atoms with van der Waals surface area (Å²) in [6, 6.07) is 1.57. The molecule has 4 fully saturated rings. The zero-order valence-electron chi connectivity index (χ0n) is 16.4. The van der Waals surface area contributed by atoms with E-state index in [2.05, 4.69) is 30.6 Å². The van der Waals surface area contributed by atoms with Crippen LogP contribution in [0.3, 0.4) is 0 Å². The Hall–Kier alpha value is -0.0800. The summed E-state index contributed by atoms with van der Waals surface area (Å²) in [5.74, 6) is 5.10. The Balaban J connectivity index is 1.35. The number of nitrogens with zero attached hydrogens (tertiary/aromatic N) is 2. The summed E-state index contributed by atoms with van der Waals surface area (Å²) in [5, 5.41) is 0. The molecule has 2 aliphatic heterocycles. The molecule has 0 N–H and O–H groups in total. The van der Waals surface area contributed by atoms with Gasteiger partial charge in [-0.1, -0.05) is 6.42 Å². The fourth-order valence-corrected chi connectivity index (χ4v) is 6.71. The van der Waals surface area contributed by atoms with Crippen LogP contribution in [-0.4, -0.2) is 48.1 Å². The molecule has 24 heavy (non-hydrogen) atoms. The Kier molecular flexibility index (Phi) is 5.25. The third-order valence-corrected chi connectivity index (χ3v) is 8.11. The van der Waals surface area contributed by atoms with Gasteiger partial charge >= 0.3 is 0 Å². The molecule has 2 saturated carbocycles. The molecule has 6 atom stereocenters. The molecule has 0 radical (unpaired) electrons. The van der Waals surface area contributed by atoms with Crippen LogP contribution in [0.1, 0.15) is 72.1 Å². The lowest BCUT2D eigenvalue weighted by Gasteiger charge is -2.45. The maximum Gasteiger partial charge on any atom is 0.00699 e. The van der Waals surface area contributed by atoms with E-state index in [1.807, 2.05) is 0 Å². The van der Waals surface area contributed by atoms with Gasteiger partial charge in [-0.3, -0.25) is 0 Å². The van der Waals surface area contributed by atoms with Gasteiger partial charge in [-0.2, -0.15) is 0 Å². The van der Waals surface area contributed by atoms with E-state index in [0.29, 0.717) is 0 Å². The van der Waals surface area contributed by atoms with Crippen LogP contribution in [-0.2, 0) is 0 Å². The molecule has 4 aliphatic rings. The number of likely N-dealkylation sites (tertiary alicyclic amines) is 2. The molecule has 0 spiro atoms. The molecule has 4 rings (SSSR count). The topological polar surface area (TPSA) is 6.48 Å². The first kappa shape index (κ1) is 17.3. The minimum atomic E-state index is 0.740. The largest absolute Gasteiger partial charge is 0.301 e. The van der Waals surface area contributed by atoms with Gasteiger partial charge in [-0.05, 0) is 102 Å². The normalized spacial score (nSPS) is 42.2. The molecule has 2 heterocycles. The summed E-state index contributed by atoms with van der Waals surface area (Å²) < 4.78 is 0. The number of piperidine rings is 1. The molecule has 6 unspecified atom stereocenters. The maximum atomic E-state index is 2.90. The summed E-state index contributed by atoms with van der Waals surface area (Å²) in [6.45, 7) is 12.9. The molecule has 0 aromatic heterocycles. The Morgan fingerprint density at radius 2 is 1.54 bits per heavy atom. The number of fused-ring (bicyclic) bond motifs is 4. The second-order valence-corrected chi connectivity index (χ2v) is 10.2. The van der Waals surface area contributed by atoms with Crippen LogP contribution in [0.5, 0.6) is 0 Å². The van der Waals surface area contributed by atoms with E-state index in [4.69, 9.17) is 0 Å². The summed E-state index contributed by atoms with van der Waals surface area (Å²) in [7, 11) is 0. The van der Waals surface area contributed by atoms with Crippen LogP contribution < -0.4 is 0 Å². The summed E-state index contributed by atoms with van der Waals surface area (Å²) in [6.07, 6.45) is 12.1. The van der Waals surface area contributed by atoms with Gasteiger partial charge < -0.3 is 9.80 Å². The zero-order valence-corrected chi connectivity index (χ0v) is 16.4. The van der Waals surface area contributed by atoms with Crippen molar-refractivity contribution in [3.63, 3.8) is 0 Å². The summed E-state index contributed by atoms with van der Waals surface area (Å²) in [5.41, 5.74) is 0. The average Bonchev–Trinajstić information content (AvgIpc) is 2.77. The lowest BCUT2D eigenvalue weighted by atomic mass is 9.77. The zero-order chi connectivity index (χ0) is 16.7. The SMILES string of the molecule is CC(C)N1CCC2CC(CC(C)N3CC4CCCC(C4)C3)C(C2)C1. The Morgan fingerprint density at radius 3 is 2.25 bits per heavy atom. The first-order valence-corrected chi connectivity index (χ1v) is 11.1. The van der Waals surface area contributed by atoms with Crippen LogP contribution in [0.15, 0.2) is 0 Å². The highest BCUT2D eigenvalue weighted by Gasteiger charge is 2.40. The average molecular weight is 333 g/mol. The predicted octanol–water partition coefficient (Wildman–Crippen LogP) is 4.64. The predicted molar refractivity (Wildman–Crippen MR) is 102 cm³/mol. The van der Waals surface area contributed by atoms with Gasteiger partial charge in [-0.25, -0.2) is 0 Å².